The maximum Gasteiger partial charge on any atom is 0.417 e. The molecule has 4 aromatic rings. The molecule has 0 saturated carbocycles. The lowest BCUT2D eigenvalue weighted by atomic mass is 9.87. The first-order valence-corrected chi connectivity index (χ1v) is 10.5. The highest BCUT2D eigenvalue weighted by Gasteiger charge is 2.33. The molecule has 1 aromatic carbocycles. The largest absolute Gasteiger partial charge is 0.417 e. The average molecular weight is 452 g/mol. The Morgan fingerprint density at radius 2 is 1.73 bits per heavy atom. The Labute approximate surface area is 189 Å². The Kier molecular flexibility index (Phi) is 6.22. The molecule has 1 N–H and O–H groups in total. The van der Waals surface area contributed by atoms with Crippen LogP contribution in [0.1, 0.15) is 36.7 Å². The summed E-state index contributed by atoms with van der Waals surface area (Å²) in [6, 6.07) is 7.82. The average Bonchev–Trinajstić information content (AvgIpc) is 2.81. The normalized spacial score (nSPS) is 13.6. The quantitative estimate of drug-likeness (QED) is 0.407. The lowest BCUT2D eigenvalue weighted by Gasteiger charge is -2.23. The van der Waals surface area contributed by atoms with E-state index in [0.29, 0.717) is 29.4 Å². The number of para-hydroxylation sites is 1. The third kappa shape index (κ3) is 4.92. The van der Waals surface area contributed by atoms with Crippen LogP contribution < -0.4 is 5.32 Å². The predicted octanol–water partition coefficient (Wildman–Crippen LogP) is 5.66. The number of fused-ring (bicyclic) bond motifs is 1. The van der Waals surface area contributed by atoms with E-state index in [1.165, 1.54) is 18.6 Å². The number of alkyl halides is 3. The van der Waals surface area contributed by atoms with Crippen LogP contribution in [-0.2, 0) is 6.18 Å². The second-order valence-electron chi connectivity index (χ2n) is 8.05. The van der Waals surface area contributed by atoms with Gasteiger partial charge < -0.3 is 5.32 Å². The van der Waals surface area contributed by atoms with Crippen molar-refractivity contribution in [1.82, 2.24) is 24.9 Å². The van der Waals surface area contributed by atoms with E-state index in [4.69, 9.17) is 0 Å². The van der Waals surface area contributed by atoms with Gasteiger partial charge in [-0.1, -0.05) is 32.0 Å². The summed E-state index contributed by atoms with van der Waals surface area (Å²) in [5, 5.41) is 3.43. The maximum atomic E-state index is 13.4. The van der Waals surface area contributed by atoms with E-state index in [0.717, 1.165) is 17.2 Å². The summed E-state index contributed by atoms with van der Waals surface area (Å²) in [5.74, 6) is 1.38. The molecule has 3 heterocycles. The molecule has 0 aliphatic rings. The number of pyridine rings is 1. The van der Waals surface area contributed by atoms with Crippen LogP contribution in [0.25, 0.3) is 22.2 Å². The Bertz CT molecular complexity index is 1260. The molecule has 0 fully saturated rings. The summed E-state index contributed by atoms with van der Waals surface area (Å²) < 4.78 is 40.3. The fourth-order valence-electron chi connectivity index (χ4n) is 3.70. The van der Waals surface area contributed by atoms with Gasteiger partial charge in [-0.25, -0.2) is 19.9 Å². The van der Waals surface area contributed by atoms with Gasteiger partial charge in [0.25, 0.3) is 0 Å². The zero-order chi connectivity index (χ0) is 23.6. The highest BCUT2D eigenvalue weighted by atomic mass is 19.4. The summed E-state index contributed by atoms with van der Waals surface area (Å²) in [6.45, 7) is 6.42. The molecule has 0 aliphatic carbocycles. The Balaban J connectivity index is 1.52. The Morgan fingerprint density at radius 3 is 2.45 bits per heavy atom. The van der Waals surface area contributed by atoms with Crippen LogP contribution in [0.15, 0.2) is 55.2 Å². The lowest BCUT2D eigenvalue weighted by Crippen LogP contribution is -2.18. The summed E-state index contributed by atoms with van der Waals surface area (Å²) >= 11 is 0. The van der Waals surface area contributed by atoms with Gasteiger partial charge in [0, 0.05) is 42.2 Å². The fraction of sp³-hybridized carbons (Fsp3) is 0.292. The van der Waals surface area contributed by atoms with Crippen molar-refractivity contribution in [2.24, 2.45) is 5.92 Å². The predicted molar refractivity (Wildman–Crippen MR) is 121 cm³/mol. The molecule has 4 rings (SSSR count). The smallest absolute Gasteiger partial charge is 0.370 e. The standard InChI is InChI=1S/C24H23F3N6/c1-14(10-31-22-9-21(32-13-33-22)17-11-29-16(3)30-12-17)15(2)18-5-4-6-19-20(24(25,26)27)7-8-28-23(18)19/h4-9,11-15H,10H2,1-3H3,(H,31,32,33)/t14?,15-/m1/s1. The summed E-state index contributed by atoms with van der Waals surface area (Å²) in [6.07, 6.45) is 1.69. The van der Waals surface area contributed by atoms with Crippen molar-refractivity contribution in [3.05, 3.63) is 72.2 Å². The van der Waals surface area contributed by atoms with E-state index < -0.39 is 11.7 Å². The molecule has 0 saturated heterocycles. The van der Waals surface area contributed by atoms with Crippen LogP contribution in [-0.4, -0.2) is 31.5 Å². The number of anilines is 1. The van der Waals surface area contributed by atoms with Crippen LogP contribution in [0.5, 0.6) is 0 Å². The van der Waals surface area contributed by atoms with E-state index in [1.54, 1.807) is 18.5 Å². The molecule has 0 amide bonds. The van der Waals surface area contributed by atoms with Crippen molar-refractivity contribution < 1.29 is 13.2 Å². The first kappa shape index (κ1) is 22.6. The van der Waals surface area contributed by atoms with E-state index >= 15 is 0 Å². The van der Waals surface area contributed by atoms with Crippen LogP contribution in [0.4, 0.5) is 19.0 Å². The lowest BCUT2D eigenvalue weighted by molar-refractivity contribution is -0.136. The monoisotopic (exact) mass is 452 g/mol. The highest BCUT2D eigenvalue weighted by molar-refractivity contribution is 5.85. The van der Waals surface area contributed by atoms with Gasteiger partial charge in [0.1, 0.15) is 18.0 Å². The molecule has 0 spiro atoms. The van der Waals surface area contributed by atoms with Gasteiger partial charge >= 0.3 is 6.18 Å². The molecule has 33 heavy (non-hydrogen) atoms. The zero-order valence-electron chi connectivity index (χ0n) is 18.4. The van der Waals surface area contributed by atoms with Gasteiger partial charge in [-0.15, -0.1) is 0 Å². The number of aryl methyl sites for hydroxylation is 1. The minimum atomic E-state index is -4.43. The first-order valence-electron chi connectivity index (χ1n) is 10.5. The van der Waals surface area contributed by atoms with E-state index in [1.807, 2.05) is 32.9 Å². The van der Waals surface area contributed by atoms with Crippen LogP contribution in [0.2, 0.25) is 0 Å². The number of aromatic nitrogens is 5. The van der Waals surface area contributed by atoms with Crippen molar-refractivity contribution in [1.29, 1.82) is 0 Å². The highest BCUT2D eigenvalue weighted by Crippen LogP contribution is 2.37. The number of benzene rings is 1. The summed E-state index contributed by atoms with van der Waals surface area (Å²) in [4.78, 5) is 21.2. The van der Waals surface area contributed by atoms with Gasteiger partial charge in [-0.2, -0.15) is 13.2 Å². The molecule has 170 valence electrons. The molecule has 1 unspecified atom stereocenters. The molecular weight excluding hydrogens is 429 g/mol. The number of rotatable bonds is 6. The molecule has 3 aromatic heterocycles. The third-order valence-corrected chi connectivity index (χ3v) is 5.80. The summed E-state index contributed by atoms with van der Waals surface area (Å²) in [5.41, 5.74) is 1.99. The number of halogens is 3. The van der Waals surface area contributed by atoms with Crippen molar-refractivity contribution in [3.63, 3.8) is 0 Å². The molecule has 0 bridgehead atoms. The second-order valence-corrected chi connectivity index (χ2v) is 8.05. The van der Waals surface area contributed by atoms with Gasteiger partial charge in [0.15, 0.2) is 0 Å². The topological polar surface area (TPSA) is 76.5 Å². The SMILES string of the molecule is Cc1ncc(-c2cc(NCC(C)[C@@H](C)c3cccc4c(C(F)(F)F)ccnc34)ncn2)cn1. The molecule has 9 heteroatoms. The number of hydrogen-bond donors (Lipinski definition) is 1. The van der Waals surface area contributed by atoms with Gasteiger partial charge in [-0.05, 0) is 30.4 Å². The fourth-order valence-corrected chi connectivity index (χ4v) is 3.70. The Hall–Kier alpha value is -3.62. The van der Waals surface area contributed by atoms with Gasteiger partial charge in [-0.3, -0.25) is 4.98 Å². The van der Waals surface area contributed by atoms with Gasteiger partial charge in [0.2, 0.25) is 0 Å². The van der Waals surface area contributed by atoms with E-state index in [9.17, 15) is 13.2 Å². The molecule has 0 aliphatic heterocycles. The van der Waals surface area contributed by atoms with Crippen LogP contribution >= 0.6 is 0 Å². The van der Waals surface area contributed by atoms with Crippen LogP contribution in [0, 0.1) is 12.8 Å². The van der Waals surface area contributed by atoms with Crippen molar-refractivity contribution in [2.75, 3.05) is 11.9 Å². The zero-order valence-corrected chi connectivity index (χ0v) is 18.4. The third-order valence-electron chi connectivity index (χ3n) is 5.80. The summed E-state index contributed by atoms with van der Waals surface area (Å²) in [7, 11) is 0. The number of nitrogens with one attached hydrogen (secondary N) is 1. The number of nitrogens with zero attached hydrogens (tertiary/aromatic N) is 5. The van der Waals surface area contributed by atoms with Crippen molar-refractivity contribution >= 4 is 16.7 Å². The van der Waals surface area contributed by atoms with Crippen molar-refractivity contribution in [2.45, 2.75) is 32.9 Å². The second kappa shape index (κ2) is 9.09. The molecule has 6 nitrogen and oxygen atoms in total. The van der Waals surface area contributed by atoms with Crippen LogP contribution in [0.3, 0.4) is 0 Å². The maximum absolute atomic E-state index is 13.4. The van der Waals surface area contributed by atoms with E-state index in [-0.39, 0.29) is 17.2 Å². The van der Waals surface area contributed by atoms with E-state index in [2.05, 4.69) is 30.2 Å². The minimum absolute atomic E-state index is 0.0380. The molecular formula is C24H23F3N6. The molecule has 0 radical (unpaired) electrons. The minimum Gasteiger partial charge on any atom is -0.370 e. The van der Waals surface area contributed by atoms with Gasteiger partial charge in [0.05, 0.1) is 16.8 Å². The van der Waals surface area contributed by atoms with Crippen molar-refractivity contribution in [3.8, 4) is 11.3 Å². The number of hydrogen-bond acceptors (Lipinski definition) is 6. The Morgan fingerprint density at radius 1 is 0.970 bits per heavy atom. The molecule has 2 atom stereocenters. The first-order chi connectivity index (χ1) is 15.7.